The van der Waals surface area contributed by atoms with Crippen molar-refractivity contribution in [2.75, 3.05) is 6.54 Å². The fraction of sp³-hybridized carbons (Fsp3) is 0.583. The number of nitrogens with zero attached hydrogens (tertiary/aromatic N) is 2. The van der Waals surface area contributed by atoms with Gasteiger partial charge in [0.25, 0.3) is 0 Å². The number of unbranched alkanes of at least 4 members (excludes halogenated alkanes) is 2. The van der Waals surface area contributed by atoms with E-state index in [1.807, 2.05) is 0 Å². The minimum absolute atomic E-state index is 0.670. The van der Waals surface area contributed by atoms with E-state index in [4.69, 9.17) is 5.26 Å². The Labute approximate surface area is 91.7 Å². The number of rotatable bonds is 7. The van der Waals surface area contributed by atoms with Gasteiger partial charge in [-0.3, -0.25) is 0 Å². The van der Waals surface area contributed by atoms with Crippen molar-refractivity contribution in [3.05, 3.63) is 24.0 Å². The van der Waals surface area contributed by atoms with Crippen molar-refractivity contribution in [1.82, 2.24) is 9.88 Å². The second-order valence-electron chi connectivity index (χ2n) is 3.59. The van der Waals surface area contributed by atoms with Crippen molar-refractivity contribution in [2.45, 2.75) is 39.3 Å². The molecule has 15 heavy (non-hydrogen) atoms. The molecule has 0 bridgehead atoms. The second kappa shape index (κ2) is 7.08. The van der Waals surface area contributed by atoms with Crippen molar-refractivity contribution >= 4 is 0 Å². The molecule has 1 heterocycles. The summed E-state index contributed by atoms with van der Waals surface area (Å²) in [7, 11) is 0. The Bertz CT molecular complexity index is 309. The second-order valence-corrected chi connectivity index (χ2v) is 3.59. The molecular weight excluding hydrogens is 186 g/mol. The van der Waals surface area contributed by atoms with Crippen LogP contribution in [0.5, 0.6) is 0 Å². The molecule has 0 amide bonds. The highest BCUT2D eigenvalue weighted by Crippen LogP contribution is 2.05. The van der Waals surface area contributed by atoms with Crippen molar-refractivity contribution < 1.29 is 0 Å². The summed E-state index contributed by atoms with van der Waals surface area (Å²) >= 11 is 0. The molecule has 1 aromatic rings. The number of hydrogen-bond acceptors (Lipinski definition) is 2. The molecule has 0 fully saturated rings. The van der Waals surface area contributed by atoms with Crippen LogP contribution in [0.3, 0.4) is 0 Å². The van der Waals surface area contributed by atoms with Gasteiger partial charge in [-0.05, 0) is 31.5 Å². The maximum absolute atomic E-state index is 8.43. The predicted octanol–water partition coefficient (Wildman–Crippen LogP) is 2.29. The van der Waals surface area contributed by atoms with E-state index in [2.05, 4.69) is 41.2 Å². The largest absolute Gasteiger partial charge is 0.350 e. The third kappa shape index (κ3) is 4.18. The van der Waals surface area contributed by atoms with Crippen LogP contribution in [0.25, 0.3) is 0 Å². The molecule has 82 valence electrons. The lowest BCUT2D eigenvalue weighted by atomic mass is 10.2. The van der Waals surface area contributed by atoms with Gasteiger partial charge in [0.15, 0.2) is 0 Å². The first-order valence-electron chi connectivity index (χ1n) is 5.60. The lowest BCUT2D eigenvalue weighted by molar-refractivity contribution is 0.578. The molecule has 3 heteroatoms. The minimum atomic E-state index is 0.670. The van der Waals surface area contributed by atoms with Gasteiger partial charge in [0.05, 0.1) is 6.07 Å². The topological polar surface area (TPSA) is 40.8 Å². The zero-order chi connectivity index (χ0) is 10.9. The number of hydrogen-bond donors (Lipinski definition) is 1. The van der Waals surface area contributed by atoms with Gasteiger partial charge in [-0.25, -0.2) is 0 Å². The van der Waals surface area contributed by atoms with Gasteiger partial charge in [-0.1, -0.05) is 6.92 Å². The van der Waals surface area contributed by atoms with Crippen molar-refractivity contribution in [2.24, 2.45) is 0 Å². The highest BCUT2D eigenvalue weighted by molar-refractivity contribution is 5.06. The maximum Gasteiger partial charge on any atom is 0.0621 e. The van der Waals surface area contributed by atoms with E-state index in [0.29, 0.717) is 6.42 Å². The molecule has 0 radical (unpaired) electrons. The van der Waals surface area contributed by atoms with Gasteiger partial charge in [0.1, 0.15) is 0 Å². The van der Waals surface area contributed by atoms with E-state index in [1.165, 1.54) is 5.69 Å². The fourth-order valence-electron chi connectivity index (χ4n) is 1.57. The quantitative estimate of drug-likeness (QED) is 0.694. The summed E-state index contributed by atoms with van der Waals surface area (Å²) in [6.45, 7) is 5.07. The van der Waals surface area contributed by atoms with Crippen molar-refractivity contribution in [3.8, 4) is 6.07 Å². The van der Waals surface area contributed by atoms with Gasteiger partial charge < -0.3 is 9.88 Å². The molecule has 1 N–H and O–H groups in total. The van der Waals surface area contributed by atoms with E-state index in [-0.39, 0.29) is 0 Å². The predicted molar refractivity (Wildman–Crippen MR) is 61.3 cm³/mol. The smallest absolute Gasteiger partial charge is 0.0621 e. The summed E-state index contributed by atoms with van der Waals surface area (Å²) in [4.78, 5) is 0. The van der Waals surface area contributed by atoms with Crippen LogP contribution in [0.1, 0.15) is 31.9 Å². The molecule has 0 spiro atoms. The Morgan fingerprint density at radius 2 is 2.33 bits per heavy atom. The summed E-state index contributed by atoms with van der Waals surface area (Å²) in [5.74, 6) is 0. The Morgan fingerprint density at radius 1 is 1.47 bits per heavy atom. The van der Waals surface area contributed by atoms with E-state index < -0.39 is 0 Å². The first kappa shape index (κ1) is 11.8. The normalized spacial score (nSPS) is 10.1. The lowest BCUT2D eigenvalue weighted by Crippen LogP contribution is -2.15. The molecule has 0 aromatic carbocycles. The van der Waals surface area contributed by atoms with Crippen molar-refractivity contribution in [1.29, 1.82) is 5.26 Å². The van der Waals surface area contributed by atoms with E-state index >= 15 is 0 Å². The average Bonchev–Trinajstić information content (AvgIpc) is 2.69. The molecule has 0 atom stereocenters. The molecule has 0 aliphatic carbocycles. The molecule has 0 aliphatic heterocycles. The first-order valence-corrected chi connectivity index (χ1v) is 5.60. The SMILES string of the molecule is CCNCc1cccn1CCCCC#N. The molecule has 0 saturated carbocycles. The fourth-order valence-corrected chi connectivity index (χ4v) is 1.57. The lowest BCUT2D eigenvalue weighted by Gasteiger charge is -2.08. The third-order valence-electron chi connectivity index (χ3n) is 2.42. The molecule has 3 nitrogen and oxygen atoms in total. The highest BCUT2D eigenvalue weighted by atomic mass is 15.0. The van der Waals surface area contributed by atoms with Crippen LogP contribution in [0.4, 0.5) is 0 Å². The van der Waals surface area contributed by atoms with Crippen LogP contribution in [0.15, 0.2) is 18.3 Å². The van der Waals surface area contributed by atoms with Gasteiger partial charge in [-0.15, -0.1) is 0 Å². The summed E-state index contributed by atoms with van der Waals surface area (Å²) in [6, 6.07) is 6.40. The molecule has 0 unspecified atom stereocenters. The average molecular weight is 205 g/mol. The summed E-state index contributed by atoms with van der Waals surface area (Å²) < 4.78 is 2.26. The third-order valence-corrected chi connectivity index (χ3v) is 2.42. The van der Waals surface area contributed by atoms with Crippen molar-refractivity contribution in [3.63, 3.8) is 0 Å². The molecule has 0 aliphatic rings. The zero-order valence-electron chi connectivity index (χ0n) is 9.37. The van der Waals surface area contributed by atoms with Crippen LogP contribution in [0.2, 0.25) is 0 Å². The molecule has 1 aromatic heterocycles. The van der Waals surface area contributed by atoms with Crippen LogP contribution in [-0.2, 0) is 13.1 Å². The Hall–Kier alpha value is -1.27. The van der Waals surface area contributed by atoms with Crippen LogP contribution in [-0.4, -0.2) is 11.1 Å². The minimum Gasteiger partial charge on any atom is -0.350 e. The van der Waals surface area contributed by atoms with E-state index in [1.54, 1.807) is 0 Å². The van der Waals surface area contributed by atoms with Crippen LogP contribution in [0, 0.1) is 11.3 Å². The Balaban J connectivity index is 2.33. The van der Waals surface area contributed by atoms with Gasteiger partial charge in [0.2, 0.25) is 0 Å². The Morgan fingerprint density at radius 3 is 3.07 bits per heavy atom. The molecule has 0 saturated heterocycles. The van der Waals surface area contributed by atoms with E-state index in [0.717, 1.165) is 32.5 Å². The number of nitrogens with one attached hydrogen (secondary N) is 1. The zero-order valence-corrected chi connectivity index (χ0v) is 9.37. The van der Waals surface area contributed by atoms with E-state index in [9.17, 15) is 0 Å². The van der Waals surface area contributed by atoms with Gasteiger partial charge in [-0.2, -0.15) is 5.26 Å². The summed E-state index contributed by atoms with van der Waals surface area (Å²) in [6.07, 6.45) is 4.86. The summed E-state index contributed by atoms with van der Waals surface area (Å²) in [5.41, 5.74) is 1.33. The maximum atomic E-state index is 8.43. The number of nitriles is 1. The van der Waals surface area contributed by atoms with Gasteiger partial charge in [0, 0.05) is 31.4 Å². The van der Waals surface area contributed by atoms with Crippen LogP contribution < -0.4 is 5.32 Å². The van der Waals surface area contributed by atoms with Gasteiger partial charge >= 0.3 is 0 Å². The van der Waals surface area contributed by atoms with Crippen LogP contribution >= 0.6 is 0 Å². The highest BCUT2D eigenvalue weighted by Gasteiger charge is 1.99. The Kier molecular flexibility index (Phi) is 5.57. The molecular formula is C12H19N3. The summed E-state index contributed by atoms with van der Waals surface area (Å²) in [5, 5.41) is 11.7. The number of aromatic nitrogens is 1. The monoisotopic (exact) mass is 205 g/mol. The molecule has 1 rings (SSSR count). The first-order chi connectivity index (χ1) is 7.38. The number of aryl methyl sites for hydroxylation is 1. The standard InChI is InChI=1S/C12H19N3/c1-2-14-11-12-7-6-10-15(12)9-5-3-4-8-13/h6-7,10,14H,2-5,9,11H2,1H3.